The van der Waals surface area contributed by atoms with E-state index in [1.807, 2.05) is 24.3 Å². The minimum Gasteiger partial charge on any atom is -0.462 e. The number of carbonyl (C=O) groups excluding carboxylic acids is 2. The Morgan fingerprint density at radius 3 is 2.58 bits per heavy atom. The van der Waals surface area contributed by atoms with Crippen LogP contribution in [0.15, 0.2) is 59.2 Å². The van der Waals surface area contributed by atoms with Gasteiger partial charge >= 0.3 is 12.0 Å². The van der Waals surface area contributed by atoms with Gasteiger partial charge in [0.05, 0.1) is 12.2 Å². The van der Waals surface area contributed by atoms with Gasteiger partial charge in [-0.15, -0.1) is 0 Å². The van der Waals surface area contributed by atoms with Crippen LogP contribution in [-0.2, 0) is 4.74 Å². The molecule has 0 aromatic heterocycles. The third-order valence-corrected chi connectivity index (χ3v) is 3.49. The van der Waals surface area contributed by atoms with Crippen LogP contribution in [0.25, 0.3) is 6.08 Å². The summed E-state index contributed by atoms with van der Waals surface area (Å²) in [5.41, 5.74) is 1.98. The van der Waals surface area contributed by atoms with Crippen LogP contribution in [0.4, 0.5) is 10.5 Å². The lowest BCUT2D eigenvalue weighted by Crippen LogP contribution is -2.23. The van der Waals surface area contributed by atoms with E-state index in [-0.39, 0.29) is 12.0 Å². The molecule has 0 fully saturated rings. The van der Waals surface area contributed by atoms with Crippen molar-refractivity contribution in [3.63, 3.8) is 0 Å². The maximum absolute atomic E-state index is 11.8. The van der Waals surface area contributed by atoms with Crippen LogP contribution in [0.3, 0.4) is 0 Å². The number of benzene rings is 2. The van der Waals surface area contributed by atoms with E-state index in [0.717, 1.165) is 10.0 Å². The van der Waals surface area contributed by atoms with Crippen LogP contribution in [0, 0.1) is 0 Å². The predicted molar refractivity (Wildman–Crippen MR) is 97.7 cm³/mol. The number of halogens is 1. The molecule has 124 valence electrons. The Hall–Kier alpha value is -2.60. The lowest BCUT2D eigenvalue weighted by atomic mass is 10.2. The largest absolute Gasteiger partial charge is 0.462 e. The van der Waals surface area contributed by atoms with Gasteiger partial charge in [-0.25, -0.2) is 9.59 Å². The number of amides is 2. The second-order valence-electron chi connectivity index (χ2n) is 4.78. The standard InChI is InChI=1S/C18H17BrN2O3/c1-2-24-17(22)14-6-8-16(9-7-14)21-18(23)20-11-10-13-4-3-5-15(19)12-13/h3-12H,2H2,1H3,(H2,20,21,23)/b11-10+. The number of anilines is 1. The average molecular weight is 389 g/mol. The van der Waals surface area contributed by atoms with Gasteiger partial charge in [-0.3, -0.25) is 0 Å². The number of esters is 1. The highest BCUT2D eigenvalue weighted by Crippen LogP contribution is 2.13. The Morgan fingerprint density at radius 2 is 1.92 bits per heavy atom. The molecular weight excluding hydrogens is 372 g/mol. The summed E-state index contributed by atoms with van der Waals surface area (Å²) >= 11 is 3.39. The molecule has 2 N–H and O–H groups in total. The van der Waals surface area contributed by atoms with Crippen molar-refractivity contribution in [3.8, 4) is 0 Å². The summed E-state index contributed by atoms with van der Waals surface area (Å²) < 4.78 is 5.87. The monoisotopic (exact) mass is 388 g/mol. The second-order valence-corrected chi connectivity index (χ2v) is 5.70. The first-order valence-corrected chi connectivity index (χ1v) is 8.14. The van der Waals surface area contributed by atoms with Crippen LogP contribution < -0.4 is 10.6 Å². The lowest BCUT2D eigenvalue weighted by Gasteiger charge is -2.06. The maximum atomic E-state index is 11.8. The topological polar surface area (TPSA) is 67.4 Å². The van der Waals surface area contributed by atoms with Crippen LogP contribution >= 0.6 is 15.9 Å². The zero-order chi connectivity index (χ0) is 17.4. The number of nitrogens with one attached hydrogen (secondary N) is 2. The average Bonchev–Trinajstić information content (AvgIpc) is 2.56. The van der Waals surface area contributed by atoms with E-state index in [9.17, 15) is 9.59 Å². The fraction of sp³-hybridized carbons (Fsp3) is 0.111. The van der Waals surface area contributed by atoms with E-state index in [2.05, 4.69) is 26.6 Å². The molecule has 24 heavy (non-hydrogen) atoms. The molecule has 0 spiro atoms. The molecule has 2 rings (SSSR count). The summed E-state index contributed by atoms with van der Waals surface area (Å²) in [6, 6.07) is 13.8. The molecule has 0 saturated carbocycles. The minimum atomic E-state index is -0.384. The van der Waals surface area contributed by atoms with E-state index in [4.69, 9.17) is 4.74 Å². The van der Waals surface area contributed by atoms with E-state index < -0.39 is 0 Å². The summed E-state index contributed by atoms with van der Waals surface area (Å²) in [4.78, 5) is 23.4. The van der Waals surface area contributed by atoms with Crippen LogP contribution in [-0.4, -0.2) is 18.6 Å². The molecule has 0 radical (unpaired) electrons. The van der Waals surface area contributed by atoms with E-state index in [0.29, 0.717) is 17.9 Å². The molecule has 0 aliphatic heterocycles. The van der Waals surface area contributed by atoms with E-state index >= 15 is 0 Å². The molecule has 0 aliphatic carbocycles. The smallest absolute Gasteiger partial charge is 0.338 e. The lowest BCUT2D eigenvalue weighted by molar-refractivity contribution is 0.0526. The van der Waals surface area contributed by atoms with Gasteiger partial charge in [0.2, 0.25) is 0 Å². The van der Waals surface area contributed by atoms with Crippen molar-refractivity contribution in [2.24, 2.45) is 0 Å². The summed E-state index contributed by atoms with van der Waals surface area (Å²) in [6.45, 7) is 2.07. The first-order valence-electron chi connectivity index (χ1n) is 7.35. The molecule has 2 amide bonds. The van der Waals surface area contributed by atoms with Crippen LogP contribution in [0.2, 0.25) is 0 Å². The van der Waals surface area contributed by atoms with Gasteiger partial charge in [-0.2, -0.15) is 0 Å². The molecule has 0 bridgehead atoms. The number of hydrogen-bond acceptors (Lipinski definition) is 3. The number of hydrogen-bond donors (Lipinski definition) is 2. The highest BCUT2D eigenvalue weighted by Gasteiger charge is 2.06. The van der Waals surface area contributed by atoms with Crippen molar-refractivity contribution in [1.29, 1.82) is 0 Å². The summed E-state index contributed by atoms with van der Waals surface area (Å²) in [5, 5.41) is 5.29. The van der Waals surface area contributed by atoms with Crippen molar-refractivity contribution in [1.82, 2.24) is 5.32 Å². The molecule has 0 atom stereocenters. The first kappa shape index (κ1) is 17.7. The third kappa shape index (κ3) is 5.55. The molecule has 0 saturated heterocycles. The molecule has 0 unspecified atom stereocenters. The summed E-state index contributed by atoms with van der Waals surface area (Å²) in [5.74, 6) is -0.384. The minimum absolute atomic E-state index is 0.325. The molecule has 5 nitrogen and oxygen atoms in total. The fourth-order valence-corrected chi connectivity index (χ4v) is 2.31. The van der Waals surface area contributed by atoms with E-state index in [1.165, 1.54) is 0 Å². The van der Waals surface area contributed by atoms with Crippen molar-refractivity contribution in [3.05, 3.63) is 70.3 Å². The maximum Gasteiger partial charge on any atom is 0.338 e. The Bertz CT molecular complexity index is 742. The number of urea groups is 1. The summed E-state index contributed by atoms with van der Waals surface area (Å²) in [7, 11) is 0. The molecule has 0 aliphatic rings. The normalized spacial score (nSPS) is 10.4. The first-order chi connectivity index (χ1) is 11.6. The Labute approximate surface area is 148 Å². The quantitative estimate of drug-likeness (QED) is 0.744. The molecule has 0 heterocycles. The van der Waals surface area contributed by atoms with Crippen molar-refractivity contribution < 1.29 is 14.3 Å². The molecular formula is C18H17BrN2O3. The Morgan fingerprint density at radius 1 is 1.17 bits per heavy atom. The Balaban J connectivity index is 1.87. The number of ether oxygens (including phenoxy) is 1. The third-order valence-electron chi connectivity index (χ3n) is 2.99. The second kappa shape index (κ2) is 8.88. The van der Waals surface area contributed by atoms with Gasteiger partial charge in [-0.05, 0) is 55.0 Å². The van der Waals surface area contributed by atoms with Gasteiger partial charge in [0.15, 0.2) is 0 Å². The molecule has 2 aromatic rings. The Kier molecular flexibility index (Phi) is 6.57. The molecule has 6 heteroatoms. The van der Waals surface area contributed by atoms with Gasteiger partial charge in [0.1, 0.15) is 0 Å². The van der Waals surface area contributed by atoms with Crippen molar-refractivity contribution in [2.75, 3.05) is 11.9 Å². The van der Waals surface area contributed by atoms with E-state index in [1.54, 1.807) is 43.5 Å². The van der Waals surface area contributed by atoms with Crippen molar-refractivity contribution in [2.45, 2.75) is 6.92 Å². The van der Waals surface area contributed by atoms with Gasteiger partial charge in [0.25, 0.3) is 0 Å². The predicted octanol–water partition coefficient (Wildman–Crippen LogP) is 4.42. The summed E-state index contributed by atoms with van der Waals surface area (Å²) in [6.07, 6.45) is 3.35. The number of rotatable bonds is 5. The number of carbonyl (C=O) groups is 2. The highest BCUT2D eigenvalue weighted by atomic mass is 79.9. The zero-order valence-corrected chi connectivity index (χ0v) is 14.7. The SMILES string of the molecule is CCOC(=O)c1ccc(NC(=O)N/C=C/c2cccc(Br)c2)cc1. The van der Waals surface area contributed by atoms with Gasteiger partial charge in [-0.1, -0.05) is 28.1 Å². The fourth-order valence-electron chi connectivity index (χ4n) is 1.90. The van der Waals surface area contributed by atoms with Crippen LogP contribution in [0.5, 0.6) is 0 Å². The van der Waals surface area contributed by atoms with Crippen molar-refractivity contribution >= 4 is 39.7 Å². The van der Waals surface area contributed by atoms with Crippen LogP contribution in [0.1, 0.15) is 22.8 Å². The highest BCUT2D eigenvalue weighted by molar-refractivity contribution is 9.10. The van der Waals surface area contributed by atoms with Gasteiger partial charge in [0, 0.05) is 16.4 Å². The molecule has 2 aromatic carbocycles. The van der Waals surface area contributed by atoms with Gasteiger partial charge < -0.3 is 15.4 Å². The zero-order valence-electron chi connectivity index (χ0n) is 13.1.